The number of rotatable bonds is 6. The normalized spacial score (nSPS) is 14.3. The smallest absolute Gasteiger partial charge is 0.312 e. The fraction of sp³-hybridized carbons (Fsp3) is 1.00. The molecule has 0 aromatic rings. The molecule has 0 unspecified atom stereocenters. The van der Waals surface area contributed by atoms with E-state index in [1.807, 2.05) is 39.3 Å². The molecule has 0 atom stereocenters. The molecule has 7 heteroatoms. The molecule has 15 heavy (non-hydrogen) atoms. The Labute approximate surface area is 95.3 Å². The third kappa shape index (κ3) is 8.36. The first kappa shape index (κ1) is 15.5. The molecule has 0 amide bonds. The summed E-state index contributed by atoms with van der Waals surface area (Å²) < 4.78 is 23.7. The second-order valence-corrected chi connectivity index (χ2v) is 17.1. The Morgan fingerprint density at radius 3 is 1.53 bits per heavy atom. The lowest BCUT2D eigenvalue weighted by atomic mass is 10.8. The molecule has 92 valence electrons. The Hall–Kier alpha value is 0.544. The Balaban J connectivity index is 4.68. The lowest BCUT2D eigenvalue weighted by Crippen LogP contribution is -2.31. The first-order chi connectivity index (χ1) is 6.47. The lowest BCUT2D eigenvalue weighted by Gasteiger charge is -2.30. The Morgan fingerprint density at radius 2 is 1.33 bits per heavy atom. The standard InChI is InChI=1S/C8H24NO3PSi2/c1-14(2,3)11-13(10,8-7-9)12-15(4,5)6/h7-9H2,1-6H3. The summed E-state index contributed by atoms with van der Waals surface area (Å²) in [6.07, 6.45) is 0.321. The fourth-order valence-electron chi connectivity index (χ4n) is 1.10. The predicted octanol–water partition coefficient (Wildman–Crippen LogP) is 2.84. The van der Waals surface area contributed by atoms with Crippen molar-refractivity contribution in [3.8, 4) is 0 Å². The Morgan fingerprint density at radius 1 is 1.00 bits per heavy atom. The van der Waals surface area contributed by atoms with Crippen molar-refractivity contribution in [1.29, 1.82) is 0 Å². The molecule has 0 aliphatic rings. The number of nitrogens with two attached hydrogens (primary N) is 1. The van der Waals surface area contributed by atoms with E-state index in [-0.39, 0.29) is 0 Å². The second kappa shape index (κ2) is 5.25. The van der Waals surface area contributed by atoms with Gasteiger partial charge in [-0.05, 0) is 39.3 Å². The van der Waals surface area contributed by atoms with Gasteiger partial charge < -0.3 is 14.2 Å². The van der Waals surface area contributed by atoms with Gasteiger partial charge in [0.1, 0.15) is 0 Å². The van der Waals surface area contributed by atoms with Crippen LogP contribution in [-0.2, 0) is 13.0 Å². The van der Waals surface area contributed by atoms with Gasteiger partial charge in [-0.15, -0.1) is 0 Å². The van der Waals surface area contributed by atoms with E-state index >= 15 is 0 Å². The van der Waals surface area contributed by atoms with Crippen LogP contribution in [0.2, 0.25) is 39.3 Å². The molecule has 0 saturated carbocycles. The first-order valence-electron chi connectivity index (χ1n) is 5.18. The maximum absolute atomic E-state index is 12.4. The van der Waals surface area contributed by atoms with E-state index in [9.17, 15) is 4.57 Å². The molecule has 0 fully saturated rings. The summed E-state index contributed by atoms with van der Waals surface area (Å²) in [5, 5.41) is 0. The van der Waals surface area contributed by atoms with Gasteiger partial charge in [0.15, 0.2) is 16.6 Å². The molecular weight excluding hydrogens is 245 g/mol. The molecule has 0 bridgehead atoms. The van der Waals surface area contributed by atoms with E-state index in [0.717, 1.165) is 0 Å². The zero-order valence-corrected chi connectivity index (χ0v) is 13.6. The molecule has 0 rings (SSSR count). The van der Waals surface area contributed by atoms with Crippen LogP contribution >= 0.6 is 7.60 Å². The highest BCUT2D eigenvalue weighted by Crippen LogP contribution is 2.52. The molecule has 0 aromatic carbocycles. The van der Waals surface area contributed by atoms with Crippen molar-refractivity contribution >= 4 is 24.2 Å². The summed E-state index contributed by atoms with van der Waals surface area (Å²) in [6, 6.07) is 0. The topological polar surface area (TPSA) is 61.5 Å². The molecule has 0 aromatic heterocycles. The third-order valence-corrected chi connectivity index (χ3v) is 8.64. The molecule has 4 nitrogen and oxygen atoms in total. The van der Waals surface area contributed by atoms with Gasteiger partial charge in [-0.3, -0.25) is 4.57 Å². The van der Waals surface area contributed by atoms with Crippen molar-refractivity contribution in [2.75, 3.05) is 12.7 Å². The van der Waals surface area contributed by atoms with Gasteiger partial charge in [0, 0.05) is 6.54 Å². The van der Waals surface area contributed by atoms with E-state index in [2.05, 4.69) is 0 Å². The summed E-state index contributed by atoms with van der Waals surface area (Å²) in [5.41, 5.74) is 5.45. The summed E-state index contributed by atoms with van der Waals surface area (Å²) in [5.74, 6) is 0. The van der Waals surface area contributed by atoms with Gasteiger partial charge in [0.25, 0.3) is 0 Å². The third-order valence-electron chi connectivity index (χ3n) is 1.23. The van der Waals surface area contributed by atoms with Crippen LogP contribution in [0.1, 0.15) is 0 Å². The van der Waals surface area contributed by atoms with Crippen LogP contribution in [-0.4, -0.2) is 29.3 Å². The van der Waals surface area contributed by atoms with Crippen LogP contribution in [0, 0.1) is 0 Å². The highest BCUT2D eigenvalue weighted by Gasteiger charge is 2.35. The van der Waals surface area contributed by atoms with Gasteiger partial charge in [-0.1, -0.05) is 0 Å². The van der Waals surface area contributed by atoms with Crippen LogP contribution in [0.15, 0.2) is 0 Å². The van der Waals surface area contributed by atoms with Gasteiger partial charge in [-0.2, -0.15) is 0 Å². The van der Waals surface area contributed by atoms with Crippen LogP contribution in [0.3, 0.4) is 0 Å². The summed E-state index contributed by atoms with van der Waals surface area (Å²) in [4.78, 5) is 0. The molecule has 0 heterocycles. The Bertz CT molecular complexity index is 227. The van der Waals surface area contributed by atoms with E-state index in [1.54, 1.807) is 0 Å². The molecule has 0 spiro atoms. The Kier molecular flexibility index (Phi) is 5.44. The van der Waals surface area contributed by atoms with E-state index in [4.69, 9.17) is 14.2 Å². The average Bonchev–Trinajstić information content (AvgIpc) is 1.74. The van der Waals surface area contributed by atoms with E-state index < -0.39 is 24.2 Å². The second-order valence-electron chi connectivity index (χ2n) is 5.53. The van der Waals surface area contributed by atoms with E-state index in [0.29, 0.717) is 12.7 Å². The van der Waals surface area contributed by atoms with Crippen molar-refractivity contribution in [3.63, 3.8) is 0 Å². The van der Waals surface area contributed by atoms with Gasteiger partial charge >= 0.3 is 7.60 Å². The van der Waals surface area contributed by atoms with Gasteiger partial charge in [-0.25, -0.2) is 0 Å². The van der Waals surface area contributed by atoms with Crippen LogP contribution in [0.4, 0.5) is 0 Å². The molecule has 0 aliphatic carbocycles. The first-order valence-corrected chi connectivity index (χ1v) is 13.7. The molecular formula is C8H24NO3PSi2. The van der Waals surface area contributed by atoms with Crippen molar-refractivity contribution in [3.05, 3.63) is 0 Å². The zero-order valence-electron chi connectivity index (χ0n) is 10.7. The highest BCUT2D eigenvalue weighted by molar-refractivity contribution is 7.57. The monoisotopic (exact) mass is 269 g/mol. The number of hydrogen-bond acceptors (Lipinski definition) is 4. The van der Waals surface area contributed by atoms with E-state index in [1.165, 1.54) is 0 Å². The molecule has 0 radical (unpaired) electrons. The minimum absolute atomic E-state index is 0.321. The van der Waals surface area contributed by atoms with Crippen molar-refractivity contribution in [2.45, 2.75) is 39.3 Å². The summed E-state index contributed by atoms with van der Waals surface area (Å²) in [7, 11) is -6.67. The van der Waals surface area contributed by atoms with Crippen molar-refractivity contribution < 1.29 is 13.0 Å². The molecule has 0 saturated heterocycles. The van der Waals surface area contributed by atoms with Gasteiger partial charge in [0.2, 0.25) is 0 Å². The highest BCUT2D eigenvalue weighted by atomic mass is 31.2. The van der Waals surface area contributed by atoms with Crippen LogP contribution in [0.25, 0.3) is 0 Å². The van der Waals surface area contributed by atoms with Gasteiger partial charge in [0.05, 0.1) is 6.16 Å². The van der Waals surface area contributed by atoms with Crippen LogP contribution < -0.4 is 5.73 Å². The number of hydrogen-bond donors (Lipinski definition) is 1. The predicted molar refractivity (Wildman–Crippen MR) is 70.4 cm³/mol. The maximum atomic E-state index is 12.4. The van der Waals surface area contributed by atoms with Crippen molar-refractivity contribution in [2.24, 2.45) is 5.73 Å². The lowest BCUT2D eigenvalue weighted by molar-refractivity contribution is 0.383. The SMILES string of the molecule is C[Si](C)(C)OP(=O)(CCN)O[Si](C)(C)C. The summed E-state index contributed by atoms with van der Waals surface area (Å²) in [6.45, 7) is 12.4. The minimum atomic E-state index is -2.96. The molecule has 0 aliphatic heterocycles. The molecule has 2 N–H and O–H groups in total. The van der Waals surface area contributed by atoms with Crippen LogP contribution in [0.5, 0.6) is 0 Å². The largest absolute Gasteiger partial charge is 0.352 e. The average molecular weight is 269 g/mol. The minimum Gasteiger partial charge on any atom is -0.352 e. The van der Waals surface area contributed by atoms with Crippen molar-refractivity contribution in [1.82, 2.24) is 0 Å². The quantitative estimate of drug-likeness (QED) is 0.595. The maximum Gasteiger partial charge on any atom is 0.312 e. The summed E-state index contributed by atoms with van der Waals surface area (Å²) >= 11 is 0. The fourth-order valence-corrected chi connectivity index (χ4v) is 9.31. The zero-order chi connectivity index (χ0) is 12.3.